The van der Waals surface area contributed by atoms with Gasteiger partial charge in [0.1, 0.15) is 0 Å². The molecule has 0 atom stereocenters. The Hall–Kier alpha value is -1.82. The fourth-order valence-corrected chi connectivity index (χ4v) is 3.92. The van der Waals surface area contributed by atoms with Gasteiger partial charge in [-0.25, -0.2) is 0 Å². The van der Waals surface area contributed by atoms with Crippen LogP contribution in [0.15, 0.2) is 53.6 Å². The third kappa shape index (κ3) is 3.32. The summed E-state index contributed by atoms with van der Waals surface area (Å²) >= 11 is 0. The van der Waals surface area contributed by atoms with Crippen LogP contribution in [0.1, 0.15) is 66.0 Å². The highest BCUT2D eigenvalue weighted by molar-refractivity contribution is 5.98. The molecule has 2 aromatic carbocycles. The summed E-state index contributed by atoms with van der Waals surface area (Å²) in [6, 6.07) is 13.6. The molecule has 2 aromatic rings. The van der Waals surface area contributed by atoms with Gasteiger partial charge in [-0.2, -0.15) is 0 Å². The zero-order chi connectivity index (χ0) is 18.4. The summed E-state index contributed by atoms with van der Waals surface area (Å²) in [5, 5.41) is 2.81. The number of benzene rings is 2. The summed E-state index contributed by atoms with van der Waals surface area (Å²) in [5.74, 6) is 0. The van der Waals surface area contributed by atoms with Crippen molar-refractivity contribution in [2.45, 2.75) is 61.3 Å². The molecule has 0 nitrogen and oxygen atoms in total. The van der Waals surface area contributed by atoms with Crippen LogP contribution >= 0.6 is 0 Å². The van der Waals surface area contributed by atoms with Crippen LogP contribution in [-0.4, -0.2) is 0 Å². The minimum Gasteiger partial charge on any atom is -0.0616 e. The average molecular weight is 333 g/mol. The van der Waals surface area contributed by atoms with E-state index in [1.54, 1.807) is 5.57 Å². The van der Waals surface area contributed by atoms with Crippen LogP contribution in [0, 0.1) is 10.8 Å². The largest absolute Gasteiger partial charge is 0.0616 e. The third-order valence-electron chi connectivity index (χ3n) is 5.50. The summed E-state index contributed by atoms with van der Waals surface area (Å²) in [6.45, 7) is 16.3. The standard InChI is InChI=1S/C25H32/c1-8-17-13-14-21(20-12-10-9-11-19(17)20)22-15-18(24(2,3)4)16-23(22)25(5,6)7/h9-14,16H,8,15H2,1-7H3. The summed E-state index contributed by atoms with van der Waals surface area (Å²) < 4.78 is 0. The normalized spacial score (nSPS) is 15.9. The van der Waals surface area contributed by atoms with Crippen molar-refractivity contribution in [1.82, 2.24) is 0 Å². The quantitative estimate of drug-likeness (QED) is 0.531. The van der Waals surface area contributed by atoms with Crippen LogP contribution in [0.2, 0.25) is 0 Å². The number of rotatable bonds is 2. The Labute approximate surface area is 153 Å². The highest BCUT2D eigenvalue weighted by Crippen LogP contribution is 2.48. The molecule has 132 valence electrons. The van der Waals surface area contributed by atoms with Crippen LogP contribution in [-0.2, 0) is 6.42 Å². The van der Waals surface area contributed by atoms with E-state index in [4.69, 9.17) is 0 Å². The Morgan fingerprint density at radius 1 is 0.800 bits per heavy atom. The van der Waals surface area contributed by atoms with Crippen LogP contribution in [0.25, 0.3) is 16.3 Å². The first-order chi connectivity index (χ1) is 11.6. The second-order valence-corrected chi connectivity index (χ2v) is 9.41. The van der Waals surface area contributed by atoms with E-state index in [2.05, 4.69) is 90.9 Å². The molecule has 0 heterocycles. The first kappa shape index (κ1) is 18.0. The van der Waals surface area contributed by atoms with Gasteiger partial charge in [-0.1, -0.05) is 96.5 Å². The molecule has 0 N–H and O–H groups in total. The highest BCUT2D eigenvalue weighted by Gasteiger charge is 2.31. The van der Waals surface area contributed by atoms with Crippen molar-refractivity contribution >= 4 is 16.3 Å². The van der Waals surface area contributed by atoms with E-state index >= 15 is 0 Å². The maximum Gasteiger partial charge on any atom is -0.00495 e. The lowest BCUT2D eigenvalue weighted by molar-refractivity contribution is 0.494. The summed E-state index contributed by atoms with van der Waals surface area (Å²) in [6.07, 6.45) is 4.64. The molecular formula is C25H32. The van der Waals surface area contributed by atoms with Gasteiger partial charge in [0.2, 0.25) is 0 Å². The second kappa shape index (κ2) is 6.16. The molecular weight excluding hydrogens is 300 g/mol. The molecule has 0 fully saturated rings. The number of fused-ring (bicyclic) bond motifs is 1. The van der Waals surface area contributed by atoms with Gasteiger partial charge in [-0.05, 0) is 56.7 Å². The van der Waals surface area contributed by atoms with Gasteiger partial charge >= 0.3 is 0 Å². The van der Waals surface area contributed by atoms with Crippen molar-refractivity contribution in [3.63, 3.8) is 0 Å². The molecule has 0 unspecified atom stereocenters. The molecule has 0 heteroatoms. The van der Waals surface area contributed by atoms with Crippen molar-refractivity contribution in [1.29, 1.82) is 0 Å². The van der Waals surface area contributed by atoms with Crippen molar-refractivity contribution in [3.8, 4) is 0 Å². The van der Waals surface area contributed by atoms with Crippen molar-refractivity contribution < 1.29 is 0 Å². The van der Waals surface area contributed by atoms with E-state index in [1.165, 1.54) is 33.0 Å². The Bertz CT molecular complexity index is 861. The zero-order valence-electron chi connectivity index (χ0n) is 17.0. The molecule has 0 saturated carbocycles. The summed E-state index contributed by atoms with van der Waals surface area (Å²) in [5.41, 5.74) is 7.83. The minimum absolute atomic E-state index is 0.160. The predicted molar refractivity (Wildman–Crippen MR) is 112 cm³/mol. The number of hydrogen-bond acceptors (Lipinski definition) is 0. The molecule has 0 aliphatic heterocycles. The average Bonchev–Trinajstić information content (AvgIpc) is 2.99. The lowest BCUT2D eigenvalue weighted by Gasteiger charge is -2.23. The first-order valence-corrected chi connectivity index (χ1v) is 9.58. The molecule has 1 aliphatic rings. The van der Waals surface area contributed by atoms with E-state index in [0.717, 1.165) is 12.8 Å². The molecule has 0 bridgehead atoms. The van der Waals surface area contributed by atoms with Crippen LogP contribution in [0.5, 0.6) is 0 Å². The fourth-order valence-electron chi connectivity index (χ4n) is 3.92. The third-order valence-corrected chi connectivity index (χ3v) is 5.50. The van der Waals surface area contributed by atoms with Gasteiger partial charge in [-0.3, -0.25) is 0 Å². The zero-order valence-corrected chi connectivity index (χ0v) is 17.0. The Balaban J connectivity index is 2.24. The smallest absolute Gasteiger partial charge is 0.00495 e. The van der Waals surface area contributed by atoms with E-state index in [9.17, 15) is 0 Å². The molecule has 1 aliphatic carbocycles. The Morgan fingerprint density at radius 3 is 2.00 bits per heavy atom. The minimum atomic E-state index is 0.160. The molecule has 0 saturated heterocycles. The van der Waals surface area contributed by atoms with Crippen molar-refractivity contribution in [2.75, 3.05) is 0 Å². The lowest BCUT2D eigenvalue weighted by atomic mass is 9.82. The molecule has 3 rings (SSSR count). The van der Waals surface area contributed by atoms with Gasteiger partial charge in [0.15, 0.2) is 0 Å². The molecule has 25 heavy (non-hydrogen) atoms. The number of allylic oxidation sites excluding steroid dienone is 4. The summed E-state index contributed by atoms with van der Waals surface area (Å²) in [4.78, 5) is 0. The lowest BCUT2D eigenvalue weighted by Crippen LogP contribution is -2.09. The number of aryl methyl sites for hydroxylation is 1. The van der Waals surface area contributed by atoms with Gasteiger partial charge in [-0.15, -0.1) is 0 Å². The molecule has 0 amide bonds. The van der Waals surface area contributed by atoms with Crippen LogP contribution in [0.3, 0.4) is 0 Å². The fraction of sp³-hybridized carbons (Fsp3) is 0.440. The summed E-state index contributed by atoms with van der Waals surface area (Å²) in [7, 11) is 0. The van der Waals surface area contributed by atoms with Crippen LogP contribution in [0.4, 0.5) is 0 Å². The van der Waals surface area contributed by atoms with E-state index in [1.807, 2.05) is 0 Å². The van der Waals surface area contributed by atoms with E-state index in [0.29, 0.717) is 0 Å². The van der Waals surface area contributed by atoms with Gasteiger partial charge < -0.3 is 0 Å². The molecule has 0 radical (unpaired) electrons. The highest BCUT2D eigenvalue weighted by atomic mass is 14.4. The van der Waals surface area contributed by atoms with E-state index in [-0.39, 0.29) is 10.8 Å². The Kier molecular flexibility index (Phi) is 4.43. The first-order valence-electron chi connectivity index (χ1n) is 9.58. The monoisotopic (exact) mass is 332 g/mol. The SMILES string of the molecule is CCc1ccc(C2=C(C(C)(C)C)C=C(C(C)(C)C)C2)c2ccccc12. The molecule has 0 spiro atoms. The Morgan fingerprint density at radius 2 is 1.44 bits per heavy atom. The predicted octanol–water partition coefficient (Wildman–Crippen LogP) is 7.58. The number of hydrogen-bond donors (Lipinski definition) is 0. The van der Waals surface area contributed by atoms with Crippen LogP contribution < -0.4 is 0 Å². The van der Waals surface area contributed by atoms with E-state index < -0.39 is 0 Å². The molecule has 0 aromatic heterocycles. The van der Waals surface area contributed by atoms with Gasteiger partial charge in [0, 0.05) is 0 Å². The maximum absolute atomic E-state index is 2.48. The topological polar surface area (TPSA) is 0 Å². The van der Waals surface area contributed by atoms with Crippen molar-refractivity contribution in [3.05, 3.63) is 64.7 Å². The van der Waals surface area contributed by atoms with Gasteiger partial charge in [0.05, 0.1) is 0 Å². The van der Waals surface area contributed by atoms with Gasteiger partial charge in [0.25, 0.3) is 0 Å². The van der Waals surface area contributed by atoms with Crippen molar-refractivity contribution in [2.24, 2.45) is 10.8 Å². The second-order valence-electron chi connectivity index (χ2n) is 9.41. The maximum atomic E-state index is 2.48.